The molecule has 6 atom stereocenters. The summed E-state index contributed by atoms with van der Waals surface area (Å²) in [5.41, 5.74) is 0. The molecule has 1 heterocycles. The smallest absolute Gasteiger partial charge is 0.306 e. The second kappa shape index (κ2) is 36.1. The molecule has 4 N–H and O–H groups in total. The Hall–Kier alpha value is -1.59. The Morgan fingerprint density at radius 3 is 1.64 bits per heavy atom. The second-order valence-corrected chi connectivity index (χ2v) is 14.8. The Bertz CT molecular complexity index is 905. The largest absolute Gasteiger partial charge is 0.457 e. The highest BCUT2D eigenvalue weighted by atomic mass is 16.7. The van der Waals surface area contributed by atoms with Crippen molar-refractivity contribution in [2.45, 2.75) is 211 Å². The van der Waals surface area contributed by atoms with E-state index in [1.807, 2.05) is 0 Å². The van der Waals surface area contributed by atoms with E-state index in [0.717, 1.165) is 57.8 Å². The van der Waals surface area contributed by atoms with E-state index in [-0.39, 0.29) is 19.2 Å². The van der Waals surface area contributed by atoms with Gasteiger partial charge in [-0.25, -0.2) is 0 Å². The van der Waals surface area contributed by atoms with Crippen LogP contribution in [0.3, 0.4) is 0 Å². The summed E-state index contributed by atoms with van der Waals surface area (Å²) in [6.45, 7) is 4.49. The molecule has 0 aromatic rings. The fourth-order valence-electron chi connectivity index (χ4n) is 6.34. The first kappa shape index (κ1) is 49.4. The van der Waals surface area contributed by atoms with Gasteiger partial charge in [-0.05, 0) is 70.6 Å². The molecule has 0 aliphatic carbocycles. The van der Waals surface area contributed by atoms with E-state index in [9.17, 15) is 25.2 Å². The molecule has 0 radical (unpaired) electrons. The van der Waals surface area contributed by atoms with Crippen LogP contribution in [0.1, 0.15) is 174 Å². The van der Waals surface area contributed by atoms with Crippen molar-refractivity contribution in [3.8, 4) is 0 Å². The van der Waals surface area contributed by atoms with Crippen molar-refractivity contribution in [2.75, 3.05) is 26.4 Å². The molecule has 0 saturated carbocycles. The van der Waals surface area contributed by atoms with Gasteiger partial charge in [-0.15, -0.1) is 0 Å². The first-order valence-electron chi connectivity index (χ1n) is 21.6. The lowest BCUT2D eigenvalue weighted by molar-refractivity contribution is -0.305. The molecule has 0 bridgehead atoms. The van der Waals surface area contributed by atoms with Crippen molar-refractivity contribution in [2.24, 2.45) is 0 Å². The molecule has 9 heteroatoms. The number of aliphatic hydroxyl groups is 4. The standard InChI is InChI=1S/C44H80O9/c1-3-5-7-9-11-13-15-17-18-19-20-21-23-25-27-29-31-33-40(46)52-38(37-51-44-43(49)42(48)41(47)39(35-45)53-44)36-50-34-32-30-28-26-24-22-16-14-12-10-8-6-4-2/h11-14,17-18,38-39,41-45,47-49H,3-10,15-16,19-37H2,1-2H3/b13-11-,14-12-,18-17-. The van der Waals surface area contributed by atoms with Gasteiger partial charge in [-0.1, -0.05) is 134 Å². The van der Waals surface area contributed by atoms with Gasteiger partial charge < -0.3 is 39.4 Å². The van der Waals surface area contributed by atoms with Crippen LogP contribution in [0.4, 0.5) is 0 Å². The van der Waals surface area contributed by atoms with Crippen LogP contribution in [0.2, 0.25) is 0 Å². The molecule has 0 spiro atoms. The molecule has 0 aromatic carbocycles. The predicted octanol–water partition coefficient (Wildman–Crippen LogP) is 9.19. The Balaban J connectivity index is 2.29. The third kappa shape index (κ3) is 27.6. The van der Waals surface area contributed by atoms with E-state index in [4.69, 9.17) is 18.9 Å². The summed E-state index contributed by atoms with van der Waals surface area (Å²) >= 11 is 0. The van der Waals surface area contributed by atoms with Gasteiger partial charge in [-0.3, -0.25) is 4.79 Å². The minimum absolute atomic E-state index is 0.119. The molecule has 1 saturated heterocycles. The summed E-state index contributed by atoms with van der Waals surface area (Å²) in [6.07, 6.45) is 34.5. The van der Waals surface area contributed by atoms with Gasteiger partial charge in [0.25, 0.3) is 0 Å². The molecule has 6 unspecified atom stereocenters. The van der Waals surface area contributed by atoms with Crippen LogP contribution in [0.25, 0.3) is 0 Å². The molecule has 1 fully saturated rings. The van der Waals surface area contributed by atoms with Crippen LogP contribution in [-0.2, 0) is 23.7 Å². The summed E-state index contributed by atoms with van der Waals surface area (Å²) in [4.78, 5) is 12.7. The quantitative estimate of drug-likeness (QED) is 0.0281. The molecule has 9 nitrogen and oxygen atoms in total. The molecular weight excluding hydrogens is 672 g/mol. The maximum absolute atomic E-state index is 12.7. The average molecular weight is 753 g/mol. The van der Waals surface area contributed by atoms with Crippen LogP contribution in [0, 0.1) is 0 Å². The van der Waals surface area contributed by atoms with Crippen molar-refractivity contribution in [1.82, 2.24) is 0 Å². The number of carbonyl (C=O) groups excluding carboxylic acids is 1. The highest BCUT2D eigenvalue weighted by molar-refractivity contribution is 5.69. The van der Waals surface area contributed by atoms with E-state index in [0.29, 0.717) is 13.0 Å². The van der Waals surface area contributed by atoms with E-state index >= 15 is 0 Å². The molecule has 0 amide bonds. The molecule has 1 rings (SSSR count). The van der Waals surface area contributed by atoms with E-state index in [1.165, 1.54) is 96.3 Å². The van der Waals surface area contributed by atoms with E-state index in [1.54, 1.807) is 0 Å². The summed E-state index contributed by atoms with van der Waals surface area (Å²) in [5, 5.41) is 40.0. The number of hydrogen-bond acceptors (Lipinski definition) is 9. The minimum atomic E-state index is -1.54. The van der Waals surface area contributed by atoms with Crippen molar-refractivity contribution in [3.05, 3.63) is 36.5 Å². The predicted molar refractivity (Wildman–Crippen MR) is 215 cm³/mol. The molecular formula is C44H80O9. The lowest BCUT2D eigenvalue weighted by Crippen LogP contribution is -2.59. The normalized spacial score (nSPS) is 21.4. The molecule has 53 heavy (non-hydrogen) atoms. The van der Waals surface area contributed by atoms with Gasteiger partial charge in [0, 0.05) is 13.0 Å². The number of esters is 1. The highest BCUT2D eigenvalue weighted by Gasteiger charge is 2.44. The van der Waals surface area contributed by atoms with Gasteiger partial charge in [0.15, 0.2) is 6.29 Å². The number of ether oxygens (including phenoxy) is 4. The van der Waals surface area contributed by atoms with Gasteiger partial charge in [0.2, 0.25) is 0 Å². The maximum atomic E-state index is 12.7. The number of rotatable bonds is 36. The fourth-order valence-corrected chi connectivity index (χ4v) is 6.34. The number of hydrogen-bond donors (Lipinski definition) is 4. The Morgan fingerprint density at radius 2 is 1.09 bits per heavy atom. The van der Waals surface area contributed by atoms with Gasteiger partial charge in [-0.2, -0.15) is 0 Å². The molecule has 310 valence electrons. The van der Waals surface area contributed by atoms with Crippen molar-refractivity contribution >= 4 is 5.97 Å². The SMILES string of the molecule is CCCCC/C=C\C/C=C\CCCCCCCCCC(=O)OC(COCCCCCCCC/C=C\CCCCC)COC1OC(CO)C(O)C(O)C1O. The summed E-state index contributed by atoms with van der Waals surface area (Å²) in [5.74, 6) is -0.325. The van der Waals surface area contributed by atoms with Crippen molar-refractivity contribution < 1.29 is 44.2 Å². The van der Waals surface area contributed by atoms with Gasteiger partial charge in [0.05, 0.1) is 19.8 Å². The molecule has 0 aromatic heterocycles. The summed E-state index contributed by atoms with van der Waals surface area (Å²) in [7, 11) is 0. The van der Waals surface area contributed by atoms with Crippen LogP contribution in [0.5, 0.6) is 0 Å². The van der Waals surface area contributed by atoms with E-state index in [2.05, 4.69) is 50.3 Å². The fraction of sp³-hybridized carbons (Fsp3) is 0.841. The molecule has 1 aliphatic heterocycles. The Morgan fingerprint density at radius 1 is 0.604 bits per heavy atom. The first-order valence-corrected chi connectivity index (χ1v) is 21.6. The lowest BCUT2D eigenvalue weighted by atomic mass is 9.99. The Labute approximate surface area is 323 Å². The van der Waals surface area contributed by atoms with Crippen LogP contribution in [0.15, 0.2) is 36.5 Å². The molecule has 1 aliphatic rings. The summed E-state index contributed by atoms with van der Waals surface area (Å²) < 4.78 is 22.8. The minimum Gasteiger partial charge on any atom is -0.457 e. The van der Waals surface area contributed by atoms with Gasteiger partial charge in [0.1, 0.15) is 30.5 Å². The average Bonchev–Trinajstić information content (AvgIpc) is 3.16. The number of aliphatic hydroxyl groups excluding tert-OH is 4. The topological polar surface area (TPSA) is 135 Å². The zero-order valence-corrected chi connectivity index (χ0v) is 33.8. The second-order valence-electron chi connectivity index (χ2n) is 14.8. The third-order valence-electron chi connectivity index (χ3n) is 9.78. The zero-order chi connectivity index (χ0) is 38.6. The highest BCUT2D eigenvalue weighted by Crippen LogP contribution is 2.22. The summed E-state index contributed by atoms with van der Waals surface area (Å²) in [6, 6.07) is 0. The van der Waals surface area contributed by atoms with Crippen molar-refractivity contribution in [3.63, 3.8) is 0 Å². The number of allylic oxidation sites excluding steroid dienone is 6. The van der Waals surface area contributed by atoms with Crippen LogP contribution in [-0.4, -0.2) is 89.6 Å². The van der Waals surface area contributed by atoms with E-state index < -0.39 is 43.4 Å². The van der Waals surface area contributed by atoms with Crippen LogP contribution < -0.4 is 0 Å². The maximum Gasteiger partial charge on any atom is 0.306 e. The third-order valence-corrected chi connectivity index (χ3v) is 9.78. The monoisotopic (exact) mass is 753 g/mol. The Kier molecular flexibility index (Phi) is 33.6. The first-order chi connectivity index (χ1) is 25.9. The zero-order valence-electron chi connectivity index (χ0n) is 33.8. The lowest BCUT2D eigenvalue weighted by Gasteiger charge is -2.39. The number of unbranched alkanes of at least 4 members (excludes halogenated alkanes) is 19. The van der Waals surface area contributed by atoms with Crippen LogP contribution >= 0.6 is 0 Å². The number of carbonyl (C=O) groups is 1. The van der Waals surface area contributed by atoms with Gasteiger partial charge >= 0.3 is 5.97 Å². The van der Waals surface area contributed by atoms with Crippen molar-refractivity contribution in [1.29, 1.82) is 0 Å².